The van der Waals surface area contributed by atoms with E-state index in [2.05, 4.69) is 10.9 Å². The second-order valence-corrected chi connectivity index (χ2v) is 11.3. The molecule has 0 radical (unpaired) electrons. The molecule has 2 heterocycles. The molecule has 1 unspecified atom stereocenters. The minimum Gasteiger partial charge on any atom is -0.463 e. The molecule has 1 aliphatic heterocycles. The molecule has 1 saturated heterocycles. The molecule has 2 N–H and O–H groups in total. The minimum absolute atomic E-state index is 0.0439. The third kappa shape index (κ3) is 7.05. The number of halogens is 2. The monoisotopic (exact) mass is 591 g/mol. The number of carbonyl (C=O) groups is 1. The molecule has 0 saturated carbocycles. The number of carbonyl (C=O) groups excluding carboxylic acids is 1. The van der Waals surface area contributed by atoms with Gasteiger partial charge in [0.05, 0.1) is 27.5 Å². The number of aliphatic hydroxyl groups is 1. The zero-order chi connectivity index (χ0) is 29.9. The summed E-state index contributed by atoms with van der Waals surface area (Å²) in [7, 11) is -4.56. The number of benzene rings is 1. The maximum Gasteiger partial charge on any atom is 0.380 e. The lowest BCUT2D eigenvalue weighted by atomic mass is 10.00. The van der Waals surface area contributed by atoms with Crippen molar-refractivity contribution in [2.45, 2.75) is 50.2 Å². The number of aromatic nitrogens is 3. The first kappa shape index (κ1) is 26.9. The Kier molecular flexibility index (Phi) is 8.84. The van der Waals surface area contributed by atoms with Crippen LogP contribution < -0.4 is 15.9 Å². The Morgan fingerprint density at radius 3 is 2.66 bits per heavy atom. The highest BCUT2D eigenvalue weighted by atomic mass is 35.5. The summed E-state index contributed by atoms with van der Waals surface area (Å²) >= 11 is 12.0. The number of ether oxygens (including phenoxy) is 2. The fourth-order valence-electron chi connectivity index (χ4n) is 3.40. The summed E-state index contributed by atoms with van der Waals surface area (Å²) in [6, 6.07) is 7.68. The molecule has 12 nitrogen and oxygen atoms in total. The Hall–Kier alpha value is -2.65. The van der Waals surface area contributed by atoms with E-state index >= 15 is 0 Å². The number of nitrogens with one attached hydrogen (secondary N) is 1. The summed E-state index contributed by atoms with van der Waals surface area (Å²) in [5.41, 5.74) is -2.04. The normalized spacial score (nSPS) is 26.3. The van der Waals surface area contributed by atoms with Crippen molar-refractivity contribution in [2.75, 3.05) is 12.7 Å². The zero-order valence-electron chi connectivity index (χ0n) is 22.4. The summed E-state index contributed by atoms with van der Waals surface area (Å²) in [5.74, 6) is 0.531. The van der Waals surface area contributed by atoms with Crippen LogP contribution in [0, 0.1) is 17.2 Å². The number of H-pyrrole nitrogens is 1. The van der Waals surface area contributed by atoms with Gasteiger partial charge in [-0.1, -0.05) is 42.6 Å². The van der Waals surface area contributed by atoms with E-state index in [1.165, 1.54) is 19.1 Å². The molecule has 0 amide bonds. The van der Waals surface area contributed by atoms with Gasteiger partial charge in [-0.2, -0.15) is 4.98 Å². The molecular weight excluding hydrogens is 564 g/mol. The van der Waals surface area contributed by atoms with Crippen molar-refractivity contribution in [3.8, 4) is 17.0 Å². The van der Waals surface area contributed by atoms with Crippen LogP contribution in [-0.4, -0.2) is 61.5 Å². The highest BCUT2D eigenvalue weighted by Crippen LogP contribution is 2.51. The van der Waals surface area contributed by atoms with E-state index in [1.54, 1.807) is 32.0 Å². The maximum atomic E-state index is 14.0. The number of aliphatic hydroxyl groups excluding tert-OH is 1. The zero-order valence-corrected chi connectivity index (χ0v) is 22.8. The van der Waals surface area contributed by atoms with Crippen molar-refractivity contribution in [2.24, 2.45) is 5.92 Å². The first-order chi connectivity index (χ1) is 18.6. The fourth-order valence-corrected chi connectivity index (χ4v) is 5.63. The lowest BCUT2D eigenvalue weighted by Crippen LogP contribution is -2.44. The Labute approximate surface area is 230 Å². The van der Waals surface area contributed by atoms with Crippen LogP contribution in [0.25, 0.3) is 0 Å². The van der Waals surface area contributed by atoms with Gasteiger partial charge in [0.1, 0.15) is 24.3 Å². The van der Waals surface area contributed by atoms with E-state index in [1.807, 2.05) is 10.4 Å². The van der Waals surface area contributed by atoms with Gasteiger partial charge in [-0.15, -0.1) is 0 Å². The standard InChI is InChI=1S/C23H26Cl2N3O9P/c1-14(2)35-19(30)15(3)12-38(33,37-16-7-5-4-6-8-16)34-11-17-18(29)23(25,9-10-24)20(36-17)28-13-26-21(31)27-22(28)32/h4-8,13-15,17-18,20,29H,11-12H2,1-3H3,(H,27,31,32)/t15-,17-,18+,20-,23?,38+/m1/s1/i11D2. The molecule has 1 aliphatic rings. The predicted molar refractivity (Wildman–Crippen MR) is 137 cm³/mol. The number of hydrogen-bond donors (Lipinski definition) is 2. The minimum atomic E-state index is -4.56. The molecule has 0 spiro atoms. The van der Waals surface area contributed by atoms with E-state index in [0.29, 0.717) is 4.57 Å². The van der Waals surface area contributed by atoms with E-state index in [9.17, 15) is 24.1 Å². The third-order valence-corrected chi connectivity index (χ3v) is 7.61. The Balaban J connectivity index is 1.99. The van der Waals surface area contributed by atoms with Gasteiger partial charge >= 0.3 is 24.9 Å². The highest BCUT2D eigenvalue weighted by molar-refractivity contribution is 7.54. The molecule has 1 aromatic heterocycles. The van der Waals surface area contributed by atoms with E-state index < -0.39 is 73.0 Å². The van der Waals surface area contributed by atoms with Crippen LogP contribution >= 0.6 is 30.8 Å². The van der Waals surface area contributed by atoms with Crippen molar-refractivity contribution in [3.63, 3.8) is 0 Å². The van der Waals surface area contributed by atoms with Crippen molar-refractivity contribution in [1.29, 1.82) is 0 Å². The van der Waals surface area contributed by atoms with Crippen LogP contribution in [0.3, 0.4) is 0 Å². The molecule has 2 aromatic rings. The van der Waals surface area contributed by atoms with Crippen molar-refractivity contribution in [1.82, 2.24) is 14.5 Å². The van der Waals surface area contributed by atoms with E-state index in [0.717, 1.165) is 6.33 Å². The van der Waals surface area contributed by atoms with Crippen LogP contribution in [0.2, 0.25) is 0 Å². The van der Waals surface area contributed by atoms with E-state index in [-0.39, 0.29) is 5.75 Å². The van der Waals surface area contributed by atoms with E-state index in [4.69, 9.17) is 44.5 Å². The van der Waals surface area contributed by atoms with Gasteiger partial charge in [0.15, 0.2) is 11.1 Å². The lowest BCUT2D eigenvalue weighted by molar-refractivity contribution is -0.151. The second-order valence-electron chi connectivity index (χ2n) is 8.52. The molecule has 15 heteroatoms. The molecule has 1 aromatic carbocycles. The molecule has 38 heavy (non-hydrogen) atoms. The van der Waals surface area contributed by atoms with Crippen LogP contribution in [0.15, 0.2) is 46.2 Å². The Bertz CT molecular complexity index is 1450. The maximum absolute atomic E-state index is 14.0. The average Bonchev–Trinajstić information content (AvgIpc) is 3.10. The molecule has 0 bridgehead atoms. The van der Waals surface area contributed by atoms with Crippen LogP contribution in [-0.2, 0) is 23.4 Å². The van der Waals surface area contributed by atoms with Crippen LogP contribution in [0.1, 0.15) is 29.7 Å². The SMILES string of the molecule is [2H]C([2H])(O[P@@](=O)(C[C@@H](C)C(=O)OC(C)C)Oc1ccccc1)[C@H]1O[C@@H](n2cnc(=O)[nH]c2=O)C(Cl)(C#CCl)[C@H]1O. The molecule has 206 valence electrons. The van der Waals surface area contributed by atoms with Gasteiger partial charge < -0.3 is 19.1 Å². The van der Waals surface area contributed by atoms with Gasteiger partial charge in [-0.25, -0.2) is 14.2 Å². The van der Waals surface area contributed by atoms with Gasteiger partial charge in [-0.3, -0.25) is 18.9 Å². The van der Waals surface area contributed by atoms with Gasteiger partial charge in [0.25, 0.3) is 0 Å². The number of aromatic amines is 1. The number of rotatable bonds is 10. The predicted octanol–water partition coefficient (Wildman–Crippen LogP) is 2.24. The quantitative estimate of drug-likeness (QED) is 0.181. The molecule has 1 fully saturated rings. The number of nitrogens with zero attached hydrogens (tertiary/aromatic N) is 2. The lowest BCUT2D eigenvalue weighted by Gasteiger charge is -2.25. The van der Waals surface area contributed by atoms with Gasteiger partial charge in [-0.05, 0) is 37.6 Å². The van der Waals surface area contributed by atoms with Gasteiger partial charge in [0.2, 0.25) is 0 Å². The highest BCUT2D eigenvalue weighted by Gasteiger charge is 2.56. The Morgan fingerprint density at radius 2 is 2.05 bits per heavy atom. The van der Waals surface area contributed by atoms with Crippen LogP contribution in [0.4, 0.5) is 0 Å². The number of para-hydroxylation sites is 1. The van der Waals surface area contributed by atoms with Crippen LogP contribution in [0.5, 0.6) is 5.75 Å². The summed E-state index contributed by atoms with van der Waals surface area (Å²) in [6.07, 6.45) is -6.16. The number of alkyl halides is 1. The van der Waals surface area contributed by atoms with Gasteiger partial charge in [0, 0.05) is 5.38 Å². The molecule has 3 rings (SSSR count). The average molecular weight is 592 g/mol. The molecule has 6 atom stereocenters. The van der Waals surface area contributed by atoms with Crippen molar-refractivity contribution < 1.29 is 35.7 Å². The summed E-state index contributed by atoms with van der Waals surface area (Å²) in [6.45, 7) is 1.52. The second kappa shape index (κ2) is 12.5. The number of hydrogen-bond acceptors (Lipinski definition) is 10. The Morgan fingerprint density at radius 1 is 1.37 bits per heavy atom. The summed E-state index contributed by atoms with van der Waals surface area (Å²) in [5, 5.41) is 13.0. The van der Waals surface area contributed by atoms with Crippen molar-refractivity contribution in [3.05, 3.63) is 57.6 Å². The topological polar surface area (TPSA) is 159 Å². The smallest absolute Gasteiger partial charge is 0.380 e. The largest absolute Gasteiger partial charge is 0.463 e. The molecule has 0 aliphatic carbocycles. The summed E-state index contributed by atoms with van der Waals surface area (Å²) in [4.78, 5) is 39.3. The summed E-state index contributed by atoms with van der Waals surface area (Å²) < 4.78 is 53.5. The molecular formula is C23H26Cl2N3O9P. The third-order valence-electron chi connectivity index (χ3n) is 5.14. The first-order valence-electron chi connectivity index (χ1n) is 12.2. The first-order valence-corrected chi connectivity index (χ1v) is 13.7. The fraction of sp³-hybridized carbons (Fsp3) is 0.478. The number of esters is 1. The van der Waals surface area contributed by atoms with Crippen molar-refractivity contribution >= 4 is 36.8 Å².